The van der Waals surface area contributed by atoms with Gasteiger partial charge in [-0.25, -0.2) is 15.0 Å². The van der Waals surface area contributed by atoms with Crippen LogP contribution in [0.2, 0.25) is 0 Å². The van der Waals surface area contributed by atoms with Crippen LogP contribution in [0.4, 0.5) is 5.82 Å². The Labute approximate surface area is 149 Å². The maximum Gasteiger partial charge on any atom is 0.293 e. The summed E-state index contributed by atoms with van der Waals surface area (Å²) in [7, 11) is 0. The van der Waals surface area contributed by atoms with Gasteiger partial charge in [-0.2, -0.15) is 0 Å². The number of nitrogens with one attached hydrogen (secondary N) is 1. The number of hydrogen-bond donors (Lipinski definition) is 1. The lowest BCUT2D eigenvalue weighted by Gasteiger charge is -2.08. The third kappa shape index (κ3) is 3.18. The average Bonchev–Trinajstić information content (AvgIpc) is 3.20. The second kappa shape index (κ2) is 6.94. The maximum absolute atomic E-state index is 12.6. The van der Waals surface area contributed by atoms with Crippen molar-refractivity contribution in [2.75, 3.05) is 5.32 Å². The molecule has 0 aliphatic rings. The second-order valence-corrected chi connectivity index (χ2v) is 5.39. The summed E-state index contributed by atoms with van der Waals surface area (Å²) in [6, 6.07) is 16.6. The van der Waals surface area contributed by atoms with Gasteiger partial charge in [-0.15, -0.1) is 0 Å². The molecule has 0 atom stereocenters. The number of aromatic nitrogens is 5. The summed E-state index contributed by atoms with van der Waals surface area (Å²) in [5, 5.41) is 2.76. The molecule has 7 heteroatoms. The molecule has 0 spiro atoms. The monoisotopic (exact) mass is 342 g/mol. The van der Waals surface area contributed by atoms with Gasteiger partial charge in [0, 0.05) is 30.5 Å². The summed E-state index contributed by atoms with van der Waals surface area (Å²) < 4.78 is 1.72. The van der Waals surface area contributed by atoms with Crippen molar-refractivity contribution in [2.24, 2.45) is 0 Å². The number of nitrogens with zero attached hydrogens (tertiary/aromatic N) is 5. The van der Waals surface area contributed by atoms with Crippen LogP contribution in [-0.2, 0) is 0 Å². The Hall–Kier alpha value is -3.87. The number of benzene rings is 1. The van der Waals surface area contributed by atoms with Crippen LogP contribution in [-0.4, -0.2) is 30.4 Å². The van der Waals surface area contributed by atoms with E-state index in [1.165, 1.54) is 0 Å². The van der Waals surface area contributed by atoms with Crippen LogP contribution in [0.25, 0.3) is 17.2 Å². The molecule has 4 rings (SSSR count). The molecule has 3 heterocycles. The number of rotatable bonds is 4. The van der Waals surface area contributed by atoms with Gasteiger partial charge in [0.1, 0.15) is 11.5 Å². The lowest BCUT2D eigenvalue weighted by atomic mass is 10.3. The highest BCUT2D eigenvalue weighted by molar-refractivity contribution is 6.01. The fourth-order valence-corrected chi connectivity index (χ4v) is 2.49. The maximum atomic E-state index is 12.6. The number of imidazole rings is 1. The van der Waals surface area contributed by atoms with E-state index in [9.17, 15) is 4.79 Å². The highest BCUT2D eigenvalue weighted by Gasteiger charge is 2.15. The van der Waals surface area contributed by atoms with Gasteiger partial charge >= 0.3 is 0 Å². The summed E-state index contributed by atoms with van der Waals surface area (Å²) in [5.41, 5.74) is 1.49. The first-order valence-electron chi connectivity index (χ1n) is 7.96. The van der Waals surface area contributed by atoms with Crippen LogP contribution >= 0.6 is 0 Å². The number of para-hydroxylation sites is 1. The van der Waals surface area contributed by atoms with Crippen molar-refractivity contribution in [1.29, 1.82) is 0 Å². The molecule has 1 N–H and O–H groups in total. The predicted octanol–water partition coefficient (Wildman–Crippen LogP) is 2.98. The second-order valence-electron chi connectivity index (χ2n) is 5.39. The van der Waals surface area contributed by atoms with Gasteiger partial charge < -0.3 is 5.32 Å². The van der Waals surface area contributed by atoms with Crippen molar-refractivity contribution in [2.45, 2.75) is 0 Å². The first-order chi connectivity index (χ1) is 12.8. The van der Waals surface area contributed by atoms with E-state index in [4.69, 9.17) is 0 Å². The lowest BCUT2D eigenvalue weighted by molar-refractivity contribution is 0.101. The number of anilines is 1. The highest BCUT2D eigenvalue weighted by Crippen LogP contribution is 2.15. The van der Waals surface area contributed by atoms with Crippen molar-refractivity contribution in [3.63, 3.8) is 0 Å². The molecule has 0 bridgehead atoms. The van der Waals surface area contributed by atoms with Crippen molar-refractivity contribution in [1.82, 2.24) is 24.5 Å². The Morgan fingerprint density at radius 2 is 1.69 bits per heavy atom. The van der Waals surface area contributed by atoms with Crippen LogP contribution in [0, 0.1) is 0 Å². The fraction of sp³-hybridized carbons (Fsp3) is 0. The summed E-state index contributed by atoms with van der Waals surface area (Å²) in [4.78, 5) is 29.6. The molecule has 1 amide bonds. The first kappa shape index (κ1) is 15.6. The molecule has 7 nitrogen and oxygen atoms in total. The van der Waals surface area contributed by atoms with E-state index >= 15 is 0 Å². The van der Waals surface area contributed by atoms with Gasteiger partial charge in [-0.3, -0.25) is 14.3 Å². The van der Waals surface area contributed by atoms with E-state index < -0.39 is 0 Å². The molecule has 26 heavy (non-hydrogen) atoms. The van der Waals surface area contributed by atoms with Gasteiger partial charge in [0.05, 0.1) is 0 Å². The zero-order valence-corrected chi connectivity index (χ0v) is 13.6. The number of hydrogen-bond acceptors (Lipinski definition) is 5. The molecule has 4 aromatic rings. The third-order valence-electron chi connectivity index (χ3n) is 3.67. The molecule has 126 valence electrons. The lowest BCUT2D eigenvalue weighted by Crippen LogP contribution is -2.18. The van der Waals surface area contributed by atoms with Gasteiger partial charge in [0.25, 0.3) is 5.91 Å². The third-order valence-corrected chi connectivity index (χ3v) is 3.67. The smallest absolute Gasteiger partial charge is 0.293 e. The van der Waals surface area contributed by atoms with Crippen molar-refractivity contribution in [3.8, 4) is 17.2 Å². The molecule has 0 unspecified atom stereocenters. The van der Waals surface area contributed by atoms with E-state index in [-0.39, 0.29) is 11.7 Å². The SMILES string of the molecule is O=C(Nc1ccnc(-c2ccccn2)n1)c1nccn1-c1ccccc1. The number of pyridine rings is 1. The Morgan fingerprint density at radius 1 is 0.846 bits per heavy atom. The average molecular weight is 342 g/mol. The van der Waals surface area contributed by atoms with E-state index in [2.05, 4.69) is 25.3 Å². The molecule has 0 saturated carbocycles. The Morgan fingerprint density at radius 3 is 2.50 bits per heavy atom. The molecular weight excluding hydrogens is 328 g/mol. The molecule has 0 fully saturated rings. The topological polar surface area (TPSA) is 85.6 Å². The number of amides is 1. The van der Waals surface area contributed by atoms with Crippen LogP contribution < -0.4 is 5.32 Å². The summed E-state index contributed by atoms with van der Waals surface area (Å²) in [6.07, 6.45) is 6.57. The van der Waals surface area contributed by atoms with E-state index in [0.717, 1.165) is 5.69 Å². The summed E-state index contributed by atoms with van der Waals surface area (Å²) >= 11 is 0. The van der Waals surface area contributed by atoms with Crippen LogP contribution in [0.1, 0.15) is 10.6 Å². The van der Waals surface area contributed by atoms with Crippen molar-refractivity contribution < 1.29 is 4.79 Å². The molecule has 0 aliphatic carbocycles. The minimum atomic E-state index is -0.357. The quantitative estimate of drug-likeness (QED) is 0.616. The van der Waals surface area contributed by atoms with Crippen LogP contribution in [0.3, 0.4) is 0 Å². The van der Waals surface area contributed by atoms with E-state index in [1.54, 1.807) is 35.4 Å². The first-order valence-corrected chi connectivity index (χ1v) is 7.96. The molecule has 3 aromatic heterocycles. The molecular formula is C19H14N6O. The minimum Gasteiger partial charge on any atom is -0.304 e. The van der Waals surface area contributed by atoms with Crippen LogP contribution in [0.15, 0.2) is 79.4 Å². The molecule has 0 aliphatic heterocycles. The predicted molar refractivity (Wildman–Crippen MR) is 96.8 cm³/mol. The fourth-order valence-electron chi connectivity index (χ4n) is 2.49. The molecule has 1 aromatic carbocycles. The minimum absolute atomic E-state index is 0.272. The van der Waals surface area contributed by atoms with Gasteiger partial charge in [0.2, 0.25) is 5.82 Å². The summed E-state index contributed by atoms with van der Waals surface area (Å²) in [5.74, 6) is 0.738. The Balaban J connectivity index is 1.60. The van der Waals surface area contributed by atoms with E-state index in [0.29, 0.717) is 17.3 Å². The number of carbonyl (C=O) groups is 1. The van der Waals surface area contributed by atoms with Gasteiger partial charge in [-0.05, 0) is 30.3 Å². The molecule has 0 radical (unpaired) electrons. The Bertz CT molecular complexity index is 1030. The van der Waals surface area contributed by atoms with Crippen molar-refractivity contribution in [3.05, 3.63) is 85.2 Å². The van der Waals surface area contributed by atoms with Crippen molar-refractivity contribution >= 4 is 11.7 Å². The zero-order chi connectivity index (χ0) is 17.8. The zero-order valence-electron chi connectivity index (χ0n) is 13.6. The highest BCUT2D eigenvalue weighted by atomic mass is 16.2. The molecule has 0 saturated heterocycles. The van der Waals surface area contributed by atoms with Gasteiger partial charge in [-0.1, -0.05) is 24.3 Å². The summed E-state index contributed by atoms with van der Waals surface area (Å²) in [6.45, 7) is 0. The normalized spacial score (nSPS) is 10.5. The number of carbonyl (C=O) groups excluding carboxylic acids is 1. The largest absolute Gasteiger partial charge is 0.304 e. The Kier molecular flexibility index (Phi) is 4.17. The van der Waals surface area contributed by atoms with E-state index in [1.807, 2.05) is 48.5 Å². The standard InChI is InChI=1S/C19H14N6O/c26-19(18-22-12-13-25(18)14-6-2-1-3-7-14)24-16-9-11-21-17(23-16)15-8-4-5-10-20-15/h1-13H,(H,21,23,24,26). The van der Waals surface area contributed by atoms with Gasteiger partial charge in [0.15, 0.2) is 5.82 Å². The van der Waals surface area contributed by atoms with Crippen LogP contribution in [0.5, 0.6) is 0 Å².